The van der Waals surface area contributed by atoms with E-state index in [2.05, 4.69) is 0 Å². The van der Waals surface area contributed by atoms with E-state index in [4.69, 9.17) is 4.74 Å². The molecule has 2 nitrogen and oxygen atoms in total. The molecule has 0 unspecified atom stereocenters. The number of fused-ring (bicyclic) bond motifs is 1. The third kappa shape index (κ3) is 2.58. The van der Waals surface area contributed by atoms with Crippen molar-refractivity contribution in [1.29, 1.82) is 0 Å². The van der Waals surface area contributed by atoms with Gasteiger partial charge in [0.05, 0.1) is 12.7 Å². The lowest BCUT2D eigenvalue weighted by Gasteiger charge is -2.16. The summed E-state index contributed by atoms with van der Waals surface area (Å²) in [5.41, 5.74) is 1.48. The first-order valence-corrected chi connectivity index (χ1v) is 6.94. The fourth-order valence-electron chi connectivity index (χ4n) is 2.75. The summed E-state index contributed by atoms with van der Waals surface area (Å²) >= 11 is 0. The number of methoxy groups -OCH3 is 1. The molecule has 0 bridgehead atoms. The number of ether oxygens (including phenoxy) is 1. The number of para-hydroxylation sites is 1. The summed E-state index contributed by atoms with van der Waals surface area (Å²) in [6, 6.07) is 11.3. The maximum absolute atomic E-state index is 13.2. The molecule has 0 atom stereocenters. The minimum atomic E-state index is -4.37. The van der Waals surface area contributed by atoms with Crippen LogP contribution in [0.4, 0.5) is 18.9 Å². The highest BCUT2D eigenvalue weighted by Gasteiger charge is 2.37. The molecule has 1 aliphatic rings. The van der Waals surface area contributed by atoms with Gasteiger partial charge in [-0.25, -0.2) is 0 Å². The van der Waals surface area contributed by atoms with E-state index in [1.807, 2.05) is 18.2 Å². The fraction of sp³-hybridized carbons (Fsp3) is 0.235. The van der Waals surface area contributed by atoms with E-state index in [0.29, 0.717) is 18.7 Å². The first kappa shape index (κ1) is 14.6. The van der Waals surface area contributed by atoms with Crippen molar-refractivity contribution in [3.8, 4) is 5.75 Å². The maximum atomic E-state index is 13.2. The van der Waals surface area contributed by atoms with E-state index >= 15 is 0 Å². The van der Waals surface area contributed by atoms with Crippen LogP contribution >= 0.6 is 0 Å². The Morgan fingerprint density at radius 1 is 1.05 bits per heavy atom. The molecule has 0 amide bonds. The van der Waals surface area contributed by atoms with Crippen molar-refractivity contribution in [2.45, 2.75) is 12.6 Å². The second-order valence-electron chi connectivity index (χ2n) is 5.12. The quantitative estimate of drug-likeness (QED) is 0.763. The summed E-state index contributed by atoms with van der Waals surface area (Å²) in [6.45, 7) is 0.507. The van der Waals surface area contributed by atoms with Gasteiger partial charge in [0.15, 0.2) is 12.8 Å². The molecule has 0 saturated heterocycles. The van der Waals surface area contributed by atoms with E-state index in [1.165, 1.54) is 12.1 Å². The van der Waals surface area contributed by atoms with Gasteiger partial charge in [-0.1, -0.05) is 24.3 Å². The number of benzene rings is 2. The Balaban J connectivity index is 2.13. The van der Waals surface area contributed by atoms with Gasteiger partial charge >= 0.3 is 6.18 Å². The van der Waals surface area contributed by atoms with Gasteiger partial charge in [-0.2, -0.15) is 17.7 Å². The number of alkyl halides is 3. The van der Waals surface area contributed by atoms with E-state index in [0.717, 1.165) is 17.2 Å². The Morgan fingerprint density at radius 2 is 1.82 bits per heavy atom. The van der Waals surface area contributed by atoms with Crippen molar-refractivity contribution >= 4 is 11.9 Å². The molecule has 0 aliphatic carbocycles. The Bertz CT molecular complexity index is 735. The molecule has 3 rings (SSSR count). The summed E-state index contributed by atoms with van der Waals surface area (Å²) in [5, 5.41) is 0. The second kappa shape index (κ2) is 5.48. The molecule has 2 aromatic carbocycles. The van der Waals surface area contributed by atoms with Crippen molar-refractivity contribution < 1.29 is 22.5 Å². The number of rotatable bonds is 2. The molecular formula is C17H15F3NO+. The van der Waals surface area contributed by atoms with Crippen molar-refractivity contribution in [2.24, 2.45) is 0 Å². The second-order valence-corrected chi connectivity index (χ2v) is 5.12. The predicted octanol–water partition coefficient (Wildman–Crippen LogP) is 4.03. The van der Waals surface area contributed by atoms with Crippen molar-refractivity contribution in [3.05, 3.63) is 59.2 Å². The van der Waals surface area contributed by atoms with Crippen LogP contribution in [0.1, 0.15) is 16.7 Å². The highest BCUT2D eigenvalue weighted by Crippen LogP contribution is 2.36. The van der Waals surface area contributed by atoms with Crippen molar-refractivity contribution in [3.63, 3.8) is 0 Å². The van der Waals surface area contributed by atoms with E-state index in [1.54, 1.807) is 24.0 Å². The molecule has 0 N–H and O–H groups in total. The van der Waals surface area contributed by atoms with Crippen molar-refractivity contribution in [2.75, 3.05) is 13.7 Å². The minimum Gasteiger partial charge on any atom is -0.496 e. The molecule has 0 spiro atoms. The predicted molar refractivity (Wildman–Crippen MR) is 78.1 cm³/mol. The van der Waals surface area contributed by atoms with Crippen LogP contribution in [0.3, 0.4) is 0 Å². The van der Waals surface area contributed by atoms with Crippen LogP contribution in [0.5, 0.6) is 5.75 Å². The Morgan fingerprint density at radius 3 is 2.55 bits per heavy atom. The average molecular weight is 306 g/mol. The fourth-order valence-corrected chi connectivity index (χ4v) is 2.75. The van der Waals surface area contributed by atoms with E-state index in [9.17, 15) is 13.2 Å². The molecule has 5 heteroatoms. The number of hydrogen-bond donors (Lipinski definition) is 0. The zero-order chi connectivity index (χ0) is 15.7. The first-order valence-electron chi connectivity index (χ1n) is 6.94. The topological polar surface area (TPSA) is 12.2 Å². The normalized spacial score (nSPS) is 14.3. The SMILES string of the molecule is COc1cccc2c1C=[N+](c1ccccc1C(F)(F)F)CC2. The van der Waals surface area contributed by atoms with Gasteiger partial charge < -0.3 is 4.74 Å². The molecule has 0 saturated carbocycles. The third-order valence-electron chi connectivity index (χ3n) is 3.80. The van der Waals surface area contributed by atoms with Gasteiger partial charge in [0.2, 0.25) is 5.69 Å². The molecule has 0 fully saturated rings. The van der Waals surface area contributed by atoms with Crippen LogP contribution in [0, 0.1) is 0 Å². The van der Waals surface area contributed by atoms with Crippen LogP contribution in [-0.4, -0.2) is 24.4 Å². The van der Waals surface area contributed by atoms with Gasteiger partial charge in [0.1, 0.15) is 11.3 Å². The molecule has 114 valence electrons. The minimum absolute atomic E-state index is 0.173. The summed E-state index contributed by atoms with van der Waals surface area (Å²) in [4.78, 5) is 0. The Kier molecular flexibility index (Phi) is 3.64. The largest absolute Gasteiger partial charge is 0.496 e. The molecule has 2 aromatic rings. The van der Waals surface area contributed by atoms with Gasteiger partial charge in [-0.05, 0) is 17.7 Å². The van der Waals surface area contributed by atoms with Crippen molar-refractivity contribution in [1.82, 2.24) is 0 Å². The Hall–Kier alpha value is -2.30. The van der Waals surface area contributed by atoms with E-state index in [-0.39, 0.29) is 5.69 Å². The lowest BCUT2D eigenvalue weighted by atomic mass is 10.0. The van der Waals surface area contributed by atoms with Crippen LogP contribution in [0.2, 0.25) is 0 Å². The van der Waals surface area contributed by atoms with Gasteiger partial charge in [0.25, 0.3) is 0 Å². The monoisotopic (exact) mass is 306 g/mol. The molecule has 0 radical (unpaired) electrons. The molecule has 0 aromatic heterocycles. The molecule has 1 aliphatic heterocycles. The van der Waals surface area contributed by atoms with Crippen LogP contribution in [-0.2, 0) is 12.6 Å². The van der Waals surface area contributed by atoms with Crippen LogP contribution < -0.4 is 4.74 Å². The highest BCUT2D eigenvalue weighted by atomic mass is 19.4. The van der Waals surface area contributed by atoms with Crippen LogP contribution in [0.15, 0.2) is 42.5 Å². The van der Waals surface area contributed by atoms with Gasteiger partial charge in [0, 0.05) is 12.5 Å². The summed E-state index contributed by atoms with van der Waals surface area (Å²) < 4.78 is 46.5. The number of halogens is 3. The van der Waals surface area contributed by atoms with Crippen LogP contribution in [0.25, 0.3) is 0 Å². The average Bonchev–Trinajstić information content (AvgIpc) is 2.53. The number of hydrogen-bond acceptors (Lipinski definition) is 1. The number of nitrogens with zero attached hydrogens (tertiary/aromatic N) is 1. The van der Waals surface area contributed by atoms with Gasteiger partial charge in [-0.3, -0.25) is 0 Å². The summed E-state index contributed by atoms with van der Waals surface area (Å²) in [5.74, 6) is 0.673. The van der Waals surface area contributed by atoms with Gasteiger partial charge in [-0.15, -0.1) is 0 Å². The zero-order valence-corrected chi connectivity index (χ0v) is 12.0. The third-order valence-corrected chi connectivity index (χ3v) is 3.80. The standard InChI is InChI=1S/C17H15F3NO/c1-22-16-8-4-5-12-9-10-21(11-13(12)16)15-7-3-2-6-14(15)17(18,19)20/h2-8,11H,9-10H2,1H3/q+1. The lowest BCUT2D eigenvalue weighted by molar-refractivity contribution is -0.438. The summed E-state index contributed by atoms with van der Waals surface area (Å²) in [6.07, 6.45) is -1.96. The molecular weight excluding hydrogens is 291 g/mol. The van der Waals surface area contributed by atoms with E-state index < -0.39 is 11.7 Å². The molecule has 22 heavy (non-hydrogen) atoms. The Labute approximate surface area is 126 Å². The zero-order valence-electron chi connectivity index (χ0n) is 12.0. The highest BCUT2D eigenvalue weighted by molar-refractivity contribution is 5.84. The molecule has 1 heterocycles. The first-order chi connectivity index (χ1) is 10.5. The maximum Gasteiger partial charge on any atom is 0.422 e. The lowest BCUT2D eigenvalue weighted by Crippen LogP contribution is -2.21. The summed E-state index contributed by atoms with van der Waals surface area (Å²) in [7, 11) is 1.56. The smallest absolute Gasteiger partial charge is 0.422 e.